The highest BCUT2D eigenvalue weighted by molar-refractivity contribution is 7.99. The van der Waals surface area contributed by atoms with Gasteiger partial charge in [0.25, 0.3) is 0 Å². The first kappa shape index (κ1) is 18.0. The summed E-state index contributed by atoms with van der Waals surface area (Å²) in [6.45, 7) is 4.63. The van der Waals surface area contributed by atoms with Crippen LogP contribution >= 0.6 is 11.8 Å². The van der Waals surface area contributed by atoms with E-state index in [4.69, 9.17) is 4.42 Å². The van der Waals surface area contributed by atoms with Crippen LogP contribution in [0, 0.1) is 13.8 Å². The minimum Gasteiger partial charge on any atom is -0.467 e. The monoisotopic (exact) mass is 385 g/mol. The molecule has 0 saturated heterocycles. The number of furan rings is 1. The summed E-state index contributed by atoms with van der Waals surface area (Å²) < 4.78 is 9.45. The summed E-state index contributed by atoms with van der Waals surface area (Å²) in [5.41, 5.74) is 2.77. The molecule has 27 heavy (non-hydrogen) atoms. The van der Waals surface area contributed by atoms with Crippen LogP contribution < -0.4 is 0 Å². The van der Waals surface area contributed by atoms with Crippen molar-refractivity contribution in [2.24, 2.45) is 0 Å². The first-order chi connectivity index (χ1) is 13.1. The smallest absolute Gasteiger partial charge is 0.210 e. The third-order valence-electron chi connectivity index (χ3n) is 5.23. The Bertz CT molecular complexity index is 922. The number of ketones is 1. The van der Waals surface area contributed by atoms with Gasteiger partial charge in [0.15, 0.2) is 5.78 Å². The molecule has 1 aliphatic carbocycles. The predicted octanol–water partition coefficient (Wildman–Crippen LogP) is 3.82. The van der Waals surface area contributed by atoms with E-state index in [1.165, 1.54) is 24.6 Å². The third-order valence-corrected chi connectivity index (χ3v) is 6.17. The van der Waals surface area contributed by atoms with Crippen molar-refractivity contribution in [1.82, 2.24) is 24.8 Å². The Balaban J connectivity index is 1.45. The standard InChI is InChI=1S/C19H23N5O2S/c1-13-10-17(14(2)23(13)11-16-8-5-9-26-16)18(25)12-27-19-20-21-22-24(19)15-6-3-4-7-15/h5,8-10,15H,3-4,6-7,11-12H2,1-2H3. The van der Waals surface area contributed by atoms with Crippen LogP contribution in [0.15, 0.2) is 34.0 Å². The molecule has 3 heterocycles. The number of Topliss-reactive ketones (excluding diaryl/α,β-unsaturated/α-hetero) is 1. The molecule has 0 amide bonds. The molecule has 1 aliphatic rings. The molecule has 3 aromatic rings. The third kappa shape index (κ3) is 3.71. The average molecular weight is 385 g/mol. The average Bonchev–Trinajstić information content (AvgIpc) is 3.43. The lowest BCUT2D eigenvalue weighted by Crippen LogP contribution is -2.10. The lowest BCUT2D eigenvalue weighted by atomic mass is 10.2. The number of carbonyl (C=O) groups excluding carboxylic acids is 1. The molecule has 0 aromatic carbocycles. The number of hydrogen-bond acceptors (Lipinski definition) is 6. The van der Waals surface area contributed by atoms with Gasteiger partial charge >= 0.3 is 0 Å². The summed E-state index contributed by atoms with van der Waals surface area (Å²) in [6.07, 6.45) is 6.33. The number of rotatable bonds is 7. The number of hydrogen-bond donors (Lipinski definition) is 0. The van der Waals surface area contributed by atoms with Crippen LogP contribution in [0.1, 0.15) is 59.2 Å². The Morgan fingerprint density at radius 2 is 2.15 bits per heavy atom. The predicted molar refractivity (Wildman–Crippen MR) is 102 cm³/mol. The Labute approximate surface area is 162 Å². The van der Waals surface area contributed by atoms with Gasteiger partial charge in [0.1, 0.15) is 5.76 Å². The fourth-order valence-corrected chi connectivity index (χ4v) is 4.58. The van der Waals surface area contributed by atoms with Gasteiger partial charge < -0.3 is 8.98 Å². The van der Waals surface area contributed by atoms with Crippen molar-refractivity contribution < 1.29 is 9.21 Å². The number of aromatic nitrogens is 5. The van der Waals surface area contributed by atoms with Gasteiger partial charge in [-0.1, -0.05) is 24.6 Å². The van der Waals surface area contributed by atoms with E-state index in [9.17, 15) is 4.79 Å². The summed E-state index contributed by atoms with van der Waals surface area (Å²) in [5.74, 6) is 1.30. The Morgan fingerprint density at radius 1 is 1.33 bits per heavy atom. The van der Waals surface area contributed by atoms with Gasteiger partial charge in [0.2, 0.25) is 5.16 Å². The van der Waals surface area contributed by atoms with Crippen LogP contribution in [0.25, 0.3) is 0 Å². The number of nitrogens with zero attached hydrogens (tertiary/aromatic N) is 5. The normalized spacial score (nSPS) is 14.9. The number of aryl methyl sites for hydroxylation is 1. The van der Waals surface area contributed by atoms with E-state index in [2.05, 4.69) is 20.1 Å². The largest absolute Gasteiger partial charge is 0.467 e. The van der Waals surface area contributed by atoms with Gasteiger partial charge in [-0.05, 0) is 55.3 Å². The van der Waals surface area contributed by atoms with Crippen LogP contribution in [0.4, 0.5) is 0 Å². The van der Waals surface area contributed by atoms with Gasteiger partial charge in [-0.25, -0.2) is 4.68 Å². The molecule has 0 unspecified atom stereocenters. The summed E-state index contributed by atoms with van der Waals surface area (Å²) in [6, 6.07) is 6.15. The zero-order chi connectivity index (χ0) is 18.8. The number of thioether (sulfide) groups is 1. The molecule has 3 aromatic heterocycles. The zero-order valence-electron chi connectivity index (χ0n) is 15.6. The molecule has 1 saturated carbocycles. The van der Waals surface area contributed by atoms with Gasteiger partial charge in [-0.15, -0.1) is 5.10 Å². The highest BCUT2D eigenvalue weighted by Gasteiger charge is 2.23. The molecule has 8 heteroatoms. The topological polar surface area (TPSA) is 78.7 Å². The van der Waals surface area contributed by atoms with Crippen molar-refractivity contribution in [2.45, 2.75) is 57.3 Å². The highest BCUT2D eigenvalue weighted by atomic mass is 32.2. The molecular weight excluding hydrogens is 362 g/mol. The second-order valence-corrected chi connectivity index (χ2v) is 7.95. The second-order valence-electron chi connectivity index (χ2n) is 7.01. The number of tetrazole rings is 1. The first-order valence-electron chi connectivity index (χ1n) is 9.26. The van der Waals surface area contributed by atoms with Crippen molar-refractivity contribution in [3.05, 3.63) is 47.2 Å². The van der Waals surface area contributed by atoms with E-state index < -0.39 is 0 Å². The highest BCUT2D eigenvalue weighted by Crippen LogP contribution is 2.31. The van der Waals surface area contributed by atoms with E-state index in [0.29, 0.717) is 18.3 Å². The maximum atomic E-state index is 12.8. The van der Waals surface area contributed by atoms with Gasteiger partial charge in [0.05, 0.1) is 24.6 Å². The van der Waals surface area contributed by atoms with Crippen molar-refractivity contribution >= 4 is 17.5 Å². The van der Waals surface area contributed by atoms with Gasteiger partial charge in [-0.3, -0.25) is 4.79 Å². The molecule has 7 nitrogen and oxygen atoms in total. The van der Waals surface area contributed by atoms with Gasteiger partial charge in [-0.2, -0.15) is 0 Å². The molecule has 142 valence electrons. The summed E-state index contributed by atoms with van der Waals surface area (Å²) in [5, 5.41) is 12.8. The molecule has 0 radical (unpaired) electrons. The lowest BCUT2D eigenvalue weighted by molar-refractivity contribution is 0.102. The molecule has 0 spiro atoms. The van der Waals surface area contributed by atoms with E-state index >= 15 is 0 Å². The van der Waals surface area contributed by atoms with Crippen LogP contribution in [0.5, 0.6) is 0 Å². The molecule has 4 rings (SSSR count). The Hall–Kier alpha value is -2.35. The van der Waals surface area contributed by atoms with Crippen molar-refractivity contribution in [1.29, 1.82) is 0 Å². The number of carbonyl (C=O) groups is 1. The summed E-state index contributed by atoms with van der Waals surface area (Å²) in [4.78, 5) is 12.8. The molecule has 1 fully saturated rings. The maximum Gasteiger partial charge on any atom is 0.210 e. The fraction of sp³-hybridized carbons (Fsp3) is 0.474. The van der Waals surface area contributed by atoms with Crippen LogP contribution in [-0.4, -0.2) is 36.3 Å². The lowest BCUT2D eigenvalue weighted by Gasteiger charge is -2.10. The van der Waals surface area contributed by atoms with E-state index in [0.717, 1.165) is 40.7 Å². The van der Waals surface area contributed by atoms with Crippen LogP contribution in [0.2, 0.25) is 0 Å². The molecule has 0 bridgehead atoms. The molecule has 0 N–H and O–H groups in total. The van der Waals surface area contributed by atoms with Crippen molar-refractivity contribution in [3.63, 3.8) is 0 Å². The Morgan fingerprint density at radius 3 is 2.89 bits per heavy atom. The summed E-state index contributed by atoms with van der Waals surface area (Å²) >= 11 is 1.42. The van der Waals surface area contributed by atoms with Crippen LogP contribution in [0.3, 0.4) is 0 Å². The minimum absolute atomic E-state index is 0.0970. The quantitative estimate of drug-likeness (QED) is 0.454. The molecule has 0 atom stereocenters. The zero-order valence-corrected chi connectivity index (χ0v) is 16.4. The van der Waals surface area contributed by atoms with Crippen LogP contribution in [-0.2, 0) is 6.54 Å². The summed E-state index contributed by atoms with van der Waals surface area (Å²) in [7, 11) is 0. The van der Waals surface area contributed by atoms with E-state index in [1.807, 2.05) is 36.7 Å². The van der Waals surface area contributed by atoms with E-state index in [1.54, 1.807) is 6.26 Å². The fourth-order valence-electron chi connectivity index (χ4n) is 3.75. The molecule has 0 aliphatic heterocycles. The Kier molecular flexibility index (Phi) is 5.15. The van der Waals surface area contributed by atoms with Gasteiger partial charge in [0, 0.05) is 17.0 Å². The van der Waals surface area contributed by atoms with E-state index in [-0.39, 0.29) is 5.78 Å². The van der Waals surface area contributed by atoms with Crippen molar-refractivity contribution in [2.75, 3.05) is 5.75 Å². The minimum atomic E-state index is 0.0970. The second kappa shape index (κ2) is 7.72. The van der Waals surface area contributed by atoms with Crippen molar-refractivity contribution in [3.8, 4) is 0 Å². The first-order valence-corrected chi connectivity index (χ1v) is 10.2. The maximum absolute atomic E-state index is 12.8. The SMILES string of the molecule is Cc1cc(C(=O)CSc2nnnn2C2CCCC2)c(C)n1Cc1ccco1. The molecular formula is C19H23N5O2S.